The molecule has 0 amide bonds. The van der Waals surface area contributed by atoms with Crippen LogP contribution in [0.15, 0.2) is 47.5 Å². The number of nitrogens with one attached hydrogen (secondary N) is 2. The maximum absolute atomic E-state index is 12.6. The molecule has 2 N–H and O–H groups in total. The summed E-state index contributed by atoms with van der Waals surface area (Å²) < 4.78 is 27.9. The summed E-state index contributed by atoms with van der Waals surface area (Å²) in [6.07, 6.45) is 8.09. The number of benzene rings is 2. The summed E-state index contributed by atoms with van der Waals surface area (Å²) in [4.78, 5) is 3.30. The first-order chi connectivity index (χ1) is 11.5. The SMILES string of the molecule is C#Cc1c[nH]c2c(NS(=O)(=O)c3ccc(CC)cc3)ccc(C)c12. The fourth-order valence-electron chi connectivity index (χ4n) is 2.73. The molecule has 122 valence electrons. The molecule has 3 rings (SSSR count). The molecule has 0 unspecified atom stereocenters. The second-order valence-electron chi connectivity index (χ2n) is 5.63. The van der Waals surface area contributed by atoms with Crippen LogP contribution in [0.3, 0.4) is 0 Å². The molecule has 0 radical (unpaired) electrons. The zero-order valence-electron chi connectivity index (χ0n) is 13.6. The van der Waals surface area contributed by atoms with Crippen molar-refractivity contribution in [3.8, 4) is 12.3 Å². The maximum atomic E-state index is 12.6. The van der Waals surface area contributed by atoms with Crippen LogP contribution in [0.1, 0.15) is 23.6 Å². The summed E-state index contributed by atoms with van der Waals surface area (Å²) in [5, 5.41) is 0.860. The smallest absolute Gasteiger partial charge is 0.261 e. The minimum absolute atomic E-state index is 0.233. The number of rotatable bonds is 4. The van der Waals surface area contributed by atoms with E-state index in [4.69, 9.17) is 6.42 Å². The van der Waals surface area contributed by atoms with E-state index in [2.05, 4.69) is 15.6 Å². The molecule has 0 saturated carbocycles. The molecule has 5 heteroatoms. The third-order valence-electron chi connectivity index (χ3n) is 4.09. The molecule has 1 aromatic heterocycles. The zero-order chi connectivity index (χ0) is 17.3. The number of anilines is 1. The topological polar surface area (TPSA) is 62.0 Å². The highest BCUT2D eigenvalue weighted by Gasteiger charge is 2.17. The van der Waals surface area contributed by atoms with Gasteiger partial charge >= 0.3 is 0 Å². The predicted molar refractivity (Wildman–Crippen MR) is 97.6 cm³/mol. The van der Waals surface area contributed by atoms with E-state index in [0.29, 0.717) is 11.2 Å². The second kappa shape index (κ2) is 6.06. The molecular weight excluding hydrogens is 320 g/mol. The van der Waals surface area contributed by atoms with E-state index < -0.39 is 10.0 Å². The Hall–Kier alpha value is -2.71. The lowest BCUT2D eigenvalue weighted by Gasteiger charge is -2.11. The lowest BCUT2D eigenvalue weighted by atomic mass is 10.1. The van der Waals surface area contributed by atoms with Gasteiger partial charge in [-0.2, -0.15) is 0 Å². The van der Waals surface area contributed by atoms with Gasteiger partial charge in [0, 0.05) is 17.1 Å². The van der Waals surface area contributed by atoms with Gasteiger partial charge in [0.2, 0.25) is 0 Å². The third kappa shape index (κ3) is 2.77. The number of aromatic nitrogens is 1. The number of fused-ring (bicyclic) bond motifs is 1. The van der Waals surface area contributed by atoms with Crippen molar-refractivity contribution in [1.29, 1.82) is 0 Å². The van der Waals surface area contributed by atoms with Crippen LogP contribution in [-0.2, 0) is 16.4 Å². The Balaban J connectivity index is 2.04. The summed E-state index contributed by atoms with van der Waals surface area (Å²) >= 11 is 0. The van der Waals surface area contributed by atoms with Crippen molar-refractivity contribution in [3.63, 3.8) is 0 Å². The van der Waals surface area contributed by atoms with Crippen LogP contribution >= 0.6 is 0 Å². The molecule has 0 fully saturated rings. The van der Waals surface area contributed by atoms with E-state index in [-0.39, 0.29) is 4.90 Å². The number of aryl methyl sites for hydroxylation is 2. The largest absolute Gasteiger partial charge is 0.358 e. The Morgan fingerprint density at radius 1 is 1.17 bits per heavy atom. The molecule has 3 aromatic rings. The lowest BCUT2D eigenvalue weighted by Crippen LogP contribution is -2.13. The van der Waals surface area contributed by atoms with Gasteiger partial charge in [0.15, 0.2) is 0 Å². The molecule has 24 heavy (non-hydrogen) atoms. The van der Waals surface area contributed by atoms with Crippen LogP contribution < -0.4 is 4.72 Å². The molecule has 2 aromatic carbocycles. The summed E-state index contributed by atoms with van der Waals surface area (Å²) in [7, 11) is -3.66. The van der Waals surface area contributed by atoms with Gasteiger partial charge in [0.1, 0.15) is 0 Å². The van der Waals surface area contributed by atoms with Gasteiger partial charge in [-0.05, 0) is 42.7 Å². The van der Waals surface area contributed by atoms with Crippen LogP contribution in [0.5, 0.6) is 0 Å². The van der Waals surface area contributed by atoms with Crippen molar-refractivity contribution in [3.05, 3.63) is 59.3 Å². The lowest BCUT2D eigenvalue weighted by molar-refractivity contribution is 0.601. The number of terminal acetylenes is 1. The first-order valence-corrected chi connectivity index (χ1v) is 9.13. The van der Waals surface area contributed by atoms with Crippen LogP contribution in [0, 0.1) is 19.3 Å². The number of sulfonamides is 1. The number of hydrogen-bond donors (Lipinski definition) is 2. The van der Waals surface area contributed by atoms with Crippen LogP contribution in [0.4, 0.5) is 5.69 Å². The van der Waals surface area contributed by atoms with E-state index in [1.807, 2.05) is 32.0 Å². The fraction of sp³-hybridized carbons (Fsp3) is 0.158. The molecule has 0 aliphatic rings. The molecule has 4 nitrogen and oxygen atoms in total. The number of hydrogen-bond acceptors (Lipinski definition) is 2. The zero-order valence-corrected chi connectivity index (χ0v) is 14.4. The first kappa shape index (κ1) is 16.2. The van der Waals surface area contributed by atoms with E-state index >= 15 is 0 Å². The molecule has 0 bridgehead atoms. The minimum atomic E-state index is -3.66. The average Bonchev–Trinajstić information content (AvgIpc) is 3.02. The van der Waals surface area contributed by atoms with Crippen molar-refractivity contribution in [2.45, 2.75) is 25.2 Å². The first-order valence-electron chi connectivity index (χ1n) is 7.65. The predicted octanol–water partition coefficient (Wildman–Crippen LogP) is 3.82. The van der Waals surface area contributed by atoms with E-state index in [1.54, 1.807) is 24.4 Å². The summed E-state index contributed by atoms with van der Waals surface area (Å²) in [6, 6.07) is 10.5. The minimum Gasteiger partial charge on any atom is -0.358 e. The van der Waals surface area contributed by atoms with Gasteiger partial charge in [-0.15, -0.1) is 6.42 Å². The van der Waals surface area contributed by atoms with Gasteiger partial charge in [-0.25, -0.2) is 8.42 Å². The van der Waals surface area contributed by atoms with Gasteiger partial charge in [0.25, 0.3) is 10.0 Å². The van der Waals surface area contributed by atoms with Crippen molar-refractivity contribution >= 4 is 26.6 Å². The van der Waals surface area contributed by atoms with E-state index in [1.165, 1.54) is 0 Å². The Morgan fingerprint density at radius 3 is 2.50 bits per heavy atom. The van der Waals surface area contributed by atoms with Gasteiger partial charge < -0.3 is 4.98 Å². The second-order valence-corrected chi connectivity index (χ2v) is 7.31. The number of aromatic amines is 1. The van der Waals surface area contributed by atoms with E-state index in [0.717, 1.165) is 28.5 Å². The van der Waals surface area contributed by atoms with Gasteiger partial charge in [-0.1, -0.05) is 31.0 Å². The van der Waals surface area contributed by atoms with Gasteiger partial charge in [0.05, 0.1) is 16.1 Å². The molecule has 0 saturated heterocycles. The van der Waals surface area contributed by atoms with Crippen LogP contribution in [0.25, 0.3) is 10.9 Å². The Labute approximate surface area is 142 Å². The van der Waals surface area contributed by atoms with Crippen LogP contribution in [0.2, 0.25) is 0 Å². The van der Waals surface area contributed by atoms with Crippen molar-refractivity contribution in [2.24, 2.45) is 0 Å². The highest BCUT2D eigenvalue weighted by Crippen LogP contribution is 2.29. The monoisotopic (exact) mass is 338 g/mol. The molecule has 0 aliphatic carbocycles. The third-order valence-corrected chi connectivity index (χ3v) is 5.47. The summed E-state index contributed by atoms with van der Waals surface area (Å²) in [5.41, 5.74) is 3.98. The standard InChI is InChI=1S/C19H18N2O2S/c1-4-14-7-9-16(10-8-14)24(22,23)21-17-11-6-13(3)18-15(5-2)12-20-19(17)18/h2,6-12,20-21H,4H2,1,3H3. The van der Waals surface area contributed by atoms with Crippen molar-refractivity contribution in [2.75, 3.05) is 4.72 Å². The summed E-state index contributed by atoms with van der Waals surface area (Å²) in [6.45, 7) is 3.97. The van der Waals surface area contributed by atoms with Crippen molar-refractivity contribution in [1.82, 2.24) is 4.98 Å². The molecule has 0 spiro atoms. The Bertz CT molecular complexity index is 1040. The average molecular weight is 338 g/mol. The molecule has 0 atom stereocenters. The Kier molecular flexibility index (Phi) is 4.08. The maximum Gasteiger partial charge on any atom is 0.261 e. The Morgan fingerprint density at radius 2 is 1.88 bits per heavy atom. The molecule has 0 aliphatic heterocycles. The highest BCUT2D eigenvalue weighted by molar-refractivity contribution is 7.92. The molecular formula is C19H18N2O2S. The van der Waals surface area contributed by atoms with Crippen molar-refractivity contribution < 1.29 is 8.42 Å². The normalized spacial score (nSPS) is 11.4. The number of H-pyrrole nitrogens is 1. The fourth-order valence-corrected chi connectivity index (χ4v) is 3.80. The van der Waals surface area contributed by atoms with Gasteiger partial charge in [-0.3, -0.25) is 4.72 Å². The quantitative estimate of drug-likeness (QED) is 0.710. The highest BCUT2D eigenvalue weighted by atomic mass is 32.2. The van der Waals surface area contributed by atoms with E-state index in [9.17, 15) is 8.42 Å². The summed E-state index contributed by atoms with van der Waals surface area (Å²) in [5.74, 6) is 2.62. The van der Waals surface area contributed by atoms with Crippen LogP contribution in [-0.4, -0.2) is 13.4 Å². The molecule has 1 heterocycles.